The SMILES string of the molecule is CSc1ccc(Cl)c(C(=O)N2CCC(N)CC2)c1. The van der Waals surface area contributed by atoms with Gasteiger partial charge in [-0.15, -0.1) is 11.8 Å². The first-order chi connectivity index (χ1) is 8.61. The molecule has 0 atom stereocenters. The van der Waals surface area contributed by atoms with Crippen molar-refractivity contribution in [3.63, 3.8) is 0 Å². The quantitative estimate of drug-likeness (QED) is 0.849. The van der Waals surface area contributed by atoms with E-state index in [1.807, 2.05) is 23.3 Å². The molecule has 1 aliphatic heterocycles. The number of carbonyl (C=O) groups is 1. The minimum atomic E-state index is 0.0165. The van der Waals surface area contributed by atoms with Crippen LogP contribution in [0.3, 0.4) is 0 Å². The Bertz CT molecular complexity index is 445. The van der Waals surface area contributed by atoms with Crippen LogP contribution in [-0.2, 0) is 0 Å². The molecule has 18 heavy (non-hydrogen) atoms. The molecule has 3 nitrogen and oxygen atoms in total. The second kappa shape index (κ2) is 5.95. The number of carbonyl (C=O) groups excluding carboxylic acids is 1. The maximum absolute atomic E-state index is 12.4. The zero-order chi connectivity index (χ0) is 13.1. The first-order valence-corrected chi connectivity index (χ1v) is 7.60. The number of rotatable bonds is 2. The van der Waals surface area contributed by atoms with Gasteiger partial charge in [-0.2, -0.15) is 0 Å². The second-order valence-electron chi connectivity index (χ2n) is 4.48. The zero-order valence-electron chi connectivity index (χ0n) is 10.4. The summed E-state index contributed by atoms with van der Waals surface area (Å²) >= 11 is 7.72. The highest BCUT2D eigenvalue weighted by atomic mass is 35.5. The average molecular weight is 285 g/mol. The van der Waals surface area contributed by atoms with Gasteiger partial charge in [0.15, 0.2) is 0 Å². The molecule has 0 aromatic heterocycles. The number of likely N-dealkylation sites (tertiary alicyclic amines) is 1. The number of halogens is 1. The number of piperidine rings is 1. The van der Waals surface area contributed by atoms with Crippen LogP contribution >= 0.6 is 23.4 Å². The lowest BCUT2D eigenvalue weighted by atomic mass is 10.0. The minimum Gasteiger partial charge on any atom is -0.338 e. The molecular weight excluding hydrogens is 268 g/mol. The molecule has 98 valence electrons. The molecule has 2 N–H and O–H groups in total. The smallest absolute Gasteiger partial charge is 0.255 e. The van der Waals surface area contributed by atoms with Gasteiger partial charge in [-0.05, 0) is 37.3 Å². The van der Waals surface area contributed by atoms with Gasteiger partial charge in [0.2, 0.25) is 0 Å². The van der Waals surface area contributed by atoms with Gasteiger partial charge in [-0.25, -0.2) is 0 Å². The van der Waals surface area contributed by atoms with Gasteiger partial charge in [0.05, 0.1) is 10.6 Å². The van der Waals surface area contributed by atoms with Gasteiger partial charge < -0.3 is 10.6 Å². The van der Waals surface area contributed by atoms with E-state index in [0.717, 1.165) is 30.8 Å². The highest BCUT2D eigenvalue weighted by Crippen LogP contribution is 2.25. The molecule has 0 spiro atoms. The van der Waals surface area contributed by atoms with Crippen molar-refractivity contribution in [3.05, 3.63) is 28.8 Å². The summed E-state index contributed by atoms with van der Waals surface area (Å²) in [5.41, 5.74) is 6.44. The van der Waals surface area contributed by atoms with Crippen LogP contribution in [0.15, 0.2) is 23.1 Å². The summed E-state index contributed by atoms with van der Waals surface area (Å²) in [5.74, 6) is 0.0165. The number of hydrogen-bond acceptors (Lipinski definition) is 3. The van der Waals surface area contributed by atoms with Crippen molar-refractivity contribution in [2.45, 2.75) is 23.8 Å². The molecule has 2 rings (SSSR count). The van der Waals surface area contributed by atoms with Crippen LogP contribution in [0.4, 0.5) is 0 Å². The molecule has 5 heteroatoms. The van der Waals surface area contributed by atoms with E-state index < -0.39 is 0 Å². The molecule has 1 amide bonds. The van der Waals surface area contributed by atoms with Crippen LogP contribution in [0.2, 0.25) is 5.02 Å². The summed E-state index contributed by atoms with van der Waals surface area (Å²) in [6.45, 7) is 1.44. The van der Waals surface area contributed by atoms with Crippen molar-refractivity contribution in [2.24, 2.45) is 5.73 Å². The maximum atomic E-state index is 12.4. The predicted molar refractivity (Wildman–Crippen MR) is 76.3 cm³/mol. The summed E-state index contributed by atoms with van der Waals surface area (Å²) in [4.78, 5) is 15.3. The number of thioether (sulfide) groups is 1. The molecule has 1 aromatic rings. The van der Waals surface area contributed by atoms with Gasteiger partial charge in [-0.3, -0.25) is 4.79 Å². The molecule has 0 radical (unpaired) electrons. The standard InChI is InChI=1S/C13H17ClN2OS/c1-18-10-2-3-12(14)11(8-10)13(17)16-6-4-9(15)5-7-16/h2-3,8-9H,4-7,15H2,1H3. The third-order valence-electron chi connectivity index (χ3n) is 3.23. The molecule has 1 fully saturated rings. The lowest BCUT2D eigenvalue weighted by molar-refractivity contribution is 0.0714. The molecule has 0 bridgehead atoms. The number of benzene rings is 1. The van der Waals surface area contributed by atoms with Crippen LogP contribution in [0.5, 0.6) is 0 Å². The highest BCUT2D eigenvalue weighted by molar-refractivity contribution is 7.98. The number of nitrogens with zero attached hydrogens (tertiary/aromatic N) is 1. The van der Waals surface area contributed by atoms with Crippen LogP contribution in [0, 0.1) is 0 Å². The molecular formula is C13H17ClN2OS. The second-order valence-corrected chi connectivity index (χ2v) is 5.76. The Morgan fingerprint density at radius 2 is 2.11 bits per heavy atom. The monoisotopic (exact) mass is 284 g/mol. The average Bonchev–Trinajstić information content (AvgIpc) is 2.39. The van der Waals surface area contributed by atoms with Crippen LogP contribution in [0.25, 0.3) is 0 Å². The van der Waals surface area contributed by atoms with Gasteiger partial charge >= 0.3 is 0 Å². The van der Waals surface area contributed by atoms with E-state index in [2.05, 4.69) is 0 Å². The fraction of sp³-hybridized carbons (Fsp3) is 0.462. The van der Waals surface area contributed by atoms with E-state index in [9.17, 15) is 4.79 Å². The Kier molecular flexibility index (Phi) is 4.54. The third-order valence-corrected chi connectivity index (χ3v) is 4.29. The summed E-state index contributed by atoms with van der Waals surface area (Å²) in [7, 11) is 0. The summed E-state index contributed by atoms with van der Waals surface area (Å²) in [6.07, 6.45) is 3.72. The Labute approximate surface area is 117 Å². The zero-order valence-corrected chi connectivity index (χ0v) is 11.9. The largest absolute Gasteiger partial charge is 0.338 e. The fourth-order valence-electron chi connectivity index (χ4n) is 2.07. The van der Waals surface area contributed by atoms with Gasteiger partial charge in [-0.1, -0.05) is 11.6 Å². The van der Waals surface area contributed by atoms with E-state index >= 15 is 0 Å². The first-order valence-electron chi connectivity index (χ1n) is 6.00. The van der Waals surface area contributed by atoms with Crippen molar-refractivity contribution in [1.82, 2.24) is 4.90 Å². The Morgan fingerprint density at radius 1 is 1.44 bits per heavy atom. The molecule has 0 aliphatic carbocycles. The topological polar surface area (TPSA) is 46.3 Å². The third kappa shape index (κ3) is 2.99. The van der Waals surface area contributed by atoms with Crippen molar-refractivity contribution < 1.29 is 4.79 Å². The van der Waals surface area contributed by atoms with Crippen LogP contribution < -0.4 is 5.73 Å². The normalized spacial score (nSPS) is 16.9. The van der Waals surface area contributed by atoms with E-state index in [1.165, 1.54) is 0 Å². The summed E-state index contributed by atoms with van der Waals surface area (Å²) in [6, 6.07) is 5.80. The Balaban J connectivity index is 2.17. The van der Waals surface area contributed by atoms with E-state index in [4.69, 9.17) is 17.3 Å². The molecule has 0 saturated carbocycles. The maximum Gasteiger partial charge on any atom is 0.255 e. The van der Waals surface area contributed by atoms with E-state index in [-0.39, 0.29) is 11.9 Å². The van der Waals surface area contributed by atoms with Crippen molar-refractivity contribution in [2.75, 3.05) is 19.3 Å². The van der Waals surface area contributed by atoms with Gasteiger partial charge in [0, 0.05) is 24.0 Å². The van der Waals surface area contributed by atoms with Crippen molar-refractivity contribution in [1.29, 1.82) is 0 Å². The summed E-state index contributed by atoms with van der Waals surface area (Å²) in [5, 5.41) is 0.521. The van der Waals surface area contributed by atoms with Crippen molar-refractivity contribution in [3.8, 4) is 0 Å². The fourth-order valence-corrected chi connectivity index (χ4v) is 2.71. The van der Waals surface area contributed by atoms with E-state index in [0.29, 0.717) is 10.6 Å². The lowest BCUT2D eigenvalue weighted by Gasteiger charge is -2.30. The predicted octanol–water partition coefficient (Wildman–Crippen LogP) is 2.63. The van der Waals surface area contributed by atoms with Gasteiger partial charge in [0.1, 0.15) is 0 Å². The molecule has 1 saturated heterocycles. The minimum absolute atomic E-state index is 0.0165. The highest BCUT2D eigenvalue weighted by Gasteiger charge is 2.23. The number of nitrogens with two attached hydrogens (primary N) is 1. The lowest BCUT2D eigenvalue weighted by Crippen LogP contribution is -2.42. The van der Waals surface area contributed by atoms with E-state index in [1.54, 1.807) is 17.8 Å². The molecule has 1 aromatic carbocycles. The number of amides is 1. The Morgan fingerprint density at radius 3 is 2.72 bits per heavy atom. The van der Waals surface area contributed by atoms with Crippen molar-refractivity contribution >= 4 is 29.3 Å². The number of hydrogen-bond donors (Lipinski definition) is 1. The summed E-state index contributed by atoms with van der Waals surface area (Å²) < 4.78 is 0. The molecule has 0 unspecified atom stereocenters. The van der Waals surface area contributed by atoms with Crippen LogP contribution in [0.1, 0.15) is 23.2 Å². The molecule has 1 heterocycles. The molecule has 1 aliphatic rings. The Hall–Kier alpha value is -0.710. The first kappa shape index (κ1) is 13.7. The van der Waals surface area contributed by atoms with Crippen LogP contribution in [-0.4, -0.2) is 36.2 Å². The van der Waals surface area contributed by atoms with Gasteiger partial charge in [0.25, 0.3) is 5.91 Å².